The second-order valence-corrected chi connectivity index (χ2v) is 8.31. The van der Waals surface area contributed by atoms with Crippen LogP contribution in [0.15, 0.2) is 28.4 Å². The Morgan fingerprint density at radius 3 is 3.00 bits per heavy atom. The predicted molar refractivity (Wildman–Crippen MR) is 101 cm³/mol. The first kappa shape index (κ1) is 17.2. The van der Waals surface area contributed by atoms with Gasteiger partial charge in [0.2, 0.25) is 0 Å². The molecule has 24 heavy (non-hydrogen) atoms. The first-order valence-corrected chi connectivity index (χ1v) is 10.0. The van der Waals surface area contributed by atoms with Crippen LogP contribution in [-0.4, -0.2) is 25.5 Å². The number of nitrogens with zero attached hydrogens (tertiary/aromatic N) is 3. The van der Waals surface area contributed by atoms with Crippen molar-refractivity contribution >= 4 is 33.3 Å². The zero-order valence-electron chi connectivity index (χ0n) is 14.2. The number of thiophene rings is 1. The largest absolute Gasteiger partial charge is 0.301 e. The van der Waals surface area contributed by atoms with Crippen molar-refractivity contribution in [2.24, 2.45) is 5.92 Å². The topological polar surface area (TPSA) is 63.6 Å². The summed E-state index contributed by atoms with van der Waals surface area (Å²) in [5, 5.41) is 5.66. The predicted octanol–water partition coefficient (Wildman–Crippen LogP) is 3.87. The van der Waals surface area contributed by atoms with Crippen molar-refractivity contribution in [1.82, 2.24) is 19.7 Å². The number of nitrogens with one attached hydrogen (secondary N) is 1. The van der Waals surface area contributed by atoms with Gasteiger partial charge in [-0.15, -0.1) is 11.3 Å². The van der Waals surface area contributed by atoms with Gasteiger partial charge < -0.3 is 4.98 Å². The van der Waals surface area contributed by atoms with E-state index >= 15 is 0 Å². The maximum absolute atomic E-state index is 12.6. The average molecular weight is 363 g/mol. The molecule has 0 radical (unpaired) electrons. The Labute approximate surface area is 149 Å². The first-order chi connectivity index (χ1) is 11.6. The summed E-state index contributed by atoms with van der Waals surface area (Å²) in [5.74, 6) is 1.39. The van der Waals surface area contributed by atoms with Crippen LogP contribution >= 0.6 is 23.1 Å². The van der Waals surface area contributed by atoms with Crippen molar-refractivity contribution in [1.29, 1.82) is 0 Å². The van der Waals surface area contributed by atoms with Gasteiger partial charge in [0.05, 0.1) is 11.9 Å². The van der Waals surface area contributed by atoms with E-state index in [-0.39, 0.29) is 5.56 Å². The minimum Gasteiger partial charge on any atom is -0.301 e. The number of aromatic amines is 1. The molecule has 1 atom stereocenters. The molecule has 0 spiro atoms. The maximum Gasteiger partial charge on any atom is 0.260 e. The molecule has 0 aromatic carbocycles. The number of rotatable bonds is 7. The Morgan fingerprint density at radius 2 is 2.29 bits per heavy atom. The van der Waals surface area contributed by atoms with Crippen molar-refractivity contribution in [3.05, 3.63) is 39.3 Å². The summed E-state index contributed by atoms with van der Waals surface area (Å²) in [4.78, 5) is 22.3. The van der Waals surface area contributed by atoms with Crippen LogP contribution in [0.2, 0.25) is 0 Å². The summed E-state index contributed by atoms with van der Waals surface area (Å²) in [6.45, 7) is 7.30. The molecule has 3 heterocycles. The van der Waals surface area contributed by atoms with E-state index in [2.05, 4.69) is 35.8 Å². The van der Waals surface area contributed by atoms with E-state index in [4.69, 9.17) is 0 Å². The second kappa shape index (κ2) is 7.53. The lowest BCUT2D eigenvalue weighted by molar-refractivity contribution is 0.561. The summed E-state index contributed by atoms with van der Waals surface area (Å²) < 4.78 is 1.88. The standard InChI is InChI=1S/C17H22N4OS2/c1-4-11(2)10-13-12(3)24-16-14(13)15(22)19-17(20-16)23-9-8-21-7-5-6-18-21/h5-7,11H,4,8-10H2,1-3H3,(H,19,20,22). The highest BCUT2D eigenvalue weighted by atomic mass is 32.2. The number of thioether (sulfide) groups is 1. The summed E-state index contributed by atoms with van der Waals surface area (Å²) in [7, 11) is 0. The third kappa shape index (κ3) is 3.72. The lowest BCUT2D eigenvalue weighted by atomic mass is 9.98. The minimum atomic E-state index is -0.00996. The van der Waals surface area contributed by atoms with E-state index in [1.165, 1.54) is 10.4 Å². The van der Waals surface area contributed by atoms with Crippen molar-refractivity contribution in [2.75, 3.05) is 5.75 Å². The molecule has 3 rings (SSSR count). The fourth-order valence-electron chi connectivity index (χ4n) is 2.63. The van der Waals surface area contributed by atoms with Gasteiger partial charge in [0.25, 0.3) is 5.56 Å². The summed E-state index contributed by atoms with van der Waals surface area (Å²) in [5.41, 5.74) is 1.16. The van der Waals surface area contributed by atoms with Gasteiger partial charge in [-0.1, -0.05) is 32.0 Å². The quantitative estimate of drug-likeness (QED) is 0.512. The molecule has 0 saturated heterocycles. The van der Waals surface area contributed by atoms with Crippen LogP contribution in [-0.2, 0) is 13.0 Å². The maximum atomic E-state index is 12.6. The number of aromatic nitrogens is 4. The third-order valence-electron chi connectivity index (χ3n) is 4.21. The molecule has 0 aliphatic rings. The highest BCUT2D eigenvalue weighted by Crippen LogP contribution is 2.30. The molecule has 0 fully saturated rings. The van der Waals surface area contributed by atoms with Gasteiger partial charge in [-0.2, -0.15) is 5.10 Å². The monoisotopic (exact) mass is 362 g/mol. The molecular formula is C17H22N4OS2. The van der Waals surface area contributed by atoms with Gasteiger partial charge in [-0.05, 0) is 30.9 Å². The van der Waals surface area contributed by atoms with Crippen LogP contribution < -0.4 is 5.56 Å². The van der Waals surface area contributed by atoms with E-state index in [9.17, 15) is 4.79 Å². The fourth-order valence-corrected chi connectivity index (χ4v) is 4.53. The lowest BCUT2D eigenvalue weighted by Gasteiger charge is -2.08. The van der Waals surface area contributed by atoms with E-state index in [1.54, 1.807) is 29.3 Å². The van der Waals surface area contributed by atoms with Crippen molar-refractivity contribution < 1.29 is 0 Å². The van der Waals surface area contributed by atoms with Crippen LogP contribution in [0.4, 0.5) is 0 Å². The van der Waals surface area contributed by atoms with Gasteiger partial charge in [0.1, 0.15) is 4.83 Å². The van der Waals surface area contributed by atoms with Crippen LogP contribution in [0.3, 0.4) is 0 Å². The molecule has 128 valence electrons. The Balaban J connectivity index is 1.81. The highest BCUT2D eigenvalue weighted by molar-refractivity contribution is 7.99. The first-order valence-electron chi connectivity index (χ1n) is 8.21. The molecule has 0 aliphatic carbocycles. The number of fused-ring (bicyclic) bond motifs is 1. The Bertz CT molecular complexity index is 867. The van der Waals surface area contributed by atoms with Gasteiger partial charge >= 0.3 is 0 Å². The fraction of sp³-hybridized carbons (Fsp3) is 0.471. The SMILES string of the molecule is CCC(C)Cc1c(C)sc2nc(SCCn3cccn3)[nH]c(=O)c12. The normalized spacial score (nSPS) is 12.8. The summed E-state index contributed by atoms with van der Waals surface area (Å²) in [6, 6.07) is 1.91. The zero-order valence-corrected chi connectivity index (χ0v) is 15.8. The zero-order chi connectivity index (χ0) is 17.1. The molecular weight excluding hydrogens is 340 g/mol. The van der Waals surface area contributed by atoms with Crippen LogP contribution in [0.1, 0.15) is 30.7 Å². The number of hydrogen-bond acceptors (Lipinski definition) is 5. The number of hydrogen-bond donors (Lipinski definition) is 1. The van der Waals surface area contributed by atoms with E-state index in [0.717, 1.165) is 35.4 Å². The molecule has 0 aliphatic heterocycles. The molecule has 1 unspecified atom stereocenters. The van der Waals surface area contributed by atoms with Crippen molar-refractivity contribution in [3.8, 4) is 0 Å². The molecule has 7 heteroatoms. The Hall–Kier alpha value is -1.60. The smallest absolute Gasteiger partial charge is 0.260 e. The molecule has 3 aromatic heterocycles. The molecule has 3 aromatic rings. The Kier molecular flexibility index (Phi) is 5.40. The minimum absolute atomic E-state index is 0.00996. The highest BCUT2D eigenvalue weighted by Gasteiger charge is 2.16. The van der Waals surface area contributed by atoms with Gasteiger partial charge in [0.15, 0.2) is 5.16 Å². The third-order valence-corrected chi connectivity index (χ3v) is 6.10. The van der Waals surface area contributed by atoms with Gasteiger partial charge in [-0.25, -0.2) is 4.98 Å². The molecule has 0 amide bonds. The molecule has 1 N–H and O–H groups in total. The van der Waals surface area contributed by atoms with Crippen LogP contribution in [0, 0.1) is 12.8 Å². The van der Waals surface area contributed by atoms with E-state index in [1.807, 2.05) is 16.9 Å². The Morgan fingerprint density at radius 1 is 1.46 bits per heavy atom. The van der Waals surface area contributed by atoms with Crippen molar-refractivity contribution in [2.45, 2.75) is 45.3 Å². The van der Waals surface area contributed by atoms with Gasteiger partial charge in [-0.3, -0.25) is 9.48 Å². The van der Waals surface area contributed by atoms with Gasteiger partial charge in [0, 0.05) is 23.0 Å². The molecule has 5 nitrogen and oxygen atoms in total. The van der Waals surface area contributed by atoms with E-state index in [0.29, 0.717) is 11.1 Å². The summed E-state index contributed by atoms with van der Waals surface area (Å²) in [6.07, 6.45) is 5.76. The summed E-state index contributed by atoms with van der Waals surface area (Å²) >= 11 is 3.19. The number of H-pyrrole nitrogens is 1. The van der Waals surface area contributed by atoms with Crippen LogP contribution in [0.5, 0.6) is 0 Å². The number of aryl methyl sites for hydroxylation is 2. The average Bonchev–Trinajstić information content (AvgIpc) is 3.16. The van der Waals surface area contributed by atoms with E-state index < -0.39 is 0 Å². The van der Waals surface area contributed by atoms with Crippen LogP contribution in [0.25, 0.3) is 10.2 Å². The molecule has 0 saturated carbocycles. The second-order valence-electron chi connectivity index (χ2n) is 6.02. The van der Waals surface area contributed by atoms with Crippen molar-refractivity contribution in [3.63, 3.8) is 0 Å². The lowest BCUT2D eigenvalue weighted by Crippen LogP contribution is -2.11. The molecule has 0 bridgehead atoms.